The van der Waals surface area contributed by atoms with Gasteiger partial charge in [-0.25, -0.2) is 9.80 Å². The van der Waals surface area contributed by atoms with Crippen LogP contribution >= 0.6 is 0 Å². The number of hydrogen-bond donors (Lipinski definition) is 4. The van der Waals surface area contributed by atoms with Crippen LogP contribution in [0.4, 0.5) is 4.79 Å². The van der Waals surface area contributed by atoms with Crippen LogP contribution in [0.1, 0.15) is 39.7 Å². The topological polar surface area (TPSA) is 150 Å². The SMILES string of the molecule is CCNC(=O)NN(C)CC(=O)NC(CC(=O)O)C(=O)N(Cc1cccc2ccccc12)C(C)C(OCC)OCC. The number of likely N-dealkylation sites (N-methyl/N-ethyl adjacent to an activating group) is 1. The second-order valence-electron chi connectivity index (χ2n) is 9.17. The molecule has 0 fully saturated rings. The Morgan fingerprint density at radius 2 is 1.62 bits per heavy atom. The van der Waals surface area contributed by atoms with E-state index in [2.05, 4.69) is 16.1 Å². The number of hydrogen-bond acceptors (Lipinski definition) is 7. The van der Waals surface area contributed by atoms with E-state index >= 15 is 0 Å². The molecule has 12 heteroatoms. The van der Waals surface area contributed by atoms with Gasteiger partial charge in [0.05, 0.1) is 19.0 Å². The molecule has 0 aliphatic carbocycles. The minimum atomic E-state index is -1.37. The number of amides is 4. The maximum Gasteiger partial charge on any atom is 0.329 e. The summed E-state index contributed by atoms with van der Waals surface area (Å²) >= 11 is 0. The van der Waals surface area contributed by atoms with Gasteiger partial charge in [-0.3, -0.25) is 19.8 Å². The van der Waals surface area contributed by atoms with Gasteiger partial charge in [0.2, 0.25) is 11.8 Å². The Labute approximate surface area is 234 Å². The maximum atomic E-state index is 14.0. The van der Waals surface area contributed by atoms with Crippen LogP contribution in [0.5, 0.6) is 0 Å². The summed E-state index contributed by atoms with van der Waals surface area (Å²) in [6, 6.07) is 11.0. The average molecular weight is 560 g/mol. The Hall–Kier alpha value is -3.74. The van der Waals surface area contributed by atoms with Gasteiger partial charge in [0, 0.05) is 33.4 Å². The number of fused-ring (bicyclic) bond motifs is 1. The number of carboxylic acids is 1. The number of rotatable bonds is 16. The molecule has 0 aromatic heterocycles. The first-order valence-electron chi connectivity index (χ1n) is 13.4. The van der Waals surface area contributed by atoms with Crippen molar-refractivity contribution in [1.29, 1.82) is 0 Å². The molecule has 0 saturated heterocycles. The largest absolute Gasteiger partial charge is 0.481 e. The fraction of sp³-hybridized carbons (Fsp3) is 0.500. The number of carbonyl (C=O) groups excluding carboxylic acids is 3. The van der Waals surface area contributed by atoms with Crippen LogP contribution in [0, 0.1) is 0 Å². The van der Waals surface area contributed by atoms with Crippen molar-refractivity contribution in [3.05, 3.63) is 48.0 Å². The Morgan fingerprint density at radius 1 is 0.975 bits per heavy atom. The third kappa shape index (κ3) is 9.78. The van der Waals surface area contributed by atoms with Gasteiger partial charge >= 0.3 is 12.0 Å². The second kappa shape index (κ2) is 16.4. The molecule has 2 rings (SSSR count). The molecule has 0 aliphatic rings. The molecule has 0 aliphatic heterocycles. The normalized spacial score (nSPS) is 12.7. The number of hydrazine groups is 1. The highest BCUT2D eigenvalue weighted by molar-refractivity contribution is 5.92. The molecule has 0 saturated carbocycles. The van der Waals surface area contributed by atoms with E-state index in [1.807, 2.05) is 56.3 Å². The number of nitrogens with zero attached hydrogens (tertiary/aromatic N) is 2. The molecule has 40 heavy (non-hydrogen) atoms. The minimum absolute atomic E-state index is 0.128. The summed E-state index contributed by atoms with van der Waals surface area (Å²) in [5, 5.41) is 17.8. The van der Waals surface area contributed by atoms with E-state index in [1.54, 1.807) is 13.8 Å². The zero-order chi connectivity index (χ0) is 29.7. The number of aliphatic carboxylic acids is 1. The lowest BCUT2D eigenvalue weighted by Crippen LogP contribution is -2.56. The van der Waals surface area contributed by atoms with E-state index < -0.39 is 48.6 Å². The van der Waals surface area contributed by atoms with Gasteiger partial charge in [-0.1, -0.05) is 42.5 Å². The van der Waals surface area contributed by atoms with E-state index in [0.29, 0.717) is 19.8 Å². The monoisotopic (exact) mass is 559 g/mol. The Kier molecular flexibility index (Phi) is 13.3. The Balaban J connectivity index is 2.38. The van der Waals surface area contributed by atoms with Crippen LogP contribution in [-0.2, 0) is 30.4 Å². The molecule has 2 aromatic rings. The molecule has 220 valence electrons. The highest BCUT2D eigenvalue weighted by Gasteiger charge is 2.35. The summed E-state index contributed by atoms with van der Waals surface area (Å²) in [6.07, 6.45) is -1.41. The van der Waals surface area contributed by atoms with Crippen molar-refractivity contribution in [1.82, 2.24) is 26.0 Å². The number of urea groups is 1. The highest BCUT2D eigenvalue weighted by Crippen LogP contribution is 2.23. The molecular formula is C28H41N5O7. The minimum Gasteiger partial charge on any atom is -0.481 e. The summed E-state index contributed by atoms with van der Waals surface area (Å²) < 4.78 is 11.6. The molecular weight excluding hydrogens is 518 g/mol. The third-order valence-electron chi connectivity index (χ3n) is 6.07. The van der Waals surface area contributed by atoms with Crippen LogP contribution in [0.3, 0.4) is 0 Å². The van der Waals surface area contributed by atoms with E-state index in [0.717, 1.165) is 16.3 Å². The van der Waals surface area contributed by atoms with Crippen LogP contribution in [-0.4, -0.2) is 90.6 Å². The second-order valence-corrected chi connectivity index (χ2v) is 9.17. The number of benzene rings is 2. The van der Waals surface area contributed by atoms with Crippen molar-refractivity contribution in [3.8, 4) is 0 Å². The van der Waals surface area contributed by atoms with Gasteiger partial charge in [-0.2, -0.15) is 0 Å². The fourth-order valence-corrected chi connectivity index (χ4v) is 4.28. The molecule has 4 amide bonds. The van der Waals surface area contributed by atoms with Crippen molar-refractivity contribution < 1.29 is 33.8 Å². The zero-order valence-electron chi connectivity index (χ0n) is 23.8. The van der Waals surface area contributed by atoms with Gasteiger partial charge in [0.15, 0.2) is 6.29 Å². The van der Waals surface area contributed by atoms with Crippen LogP contribution in [0.15, 0.2) is 42.5 Å². The number of ether oxygens (including phenoxy) is 2. The number of nitrogens with one attached hydrogen (secondary N) is 3. The fourth-order valence-electron chi connectivity index (χ4n) is 4.28. The summed E-state index contributed by atoms with van der Waals surface area (Å²) in [6.45, 7) is 8.04. The number of carboxylic acid groups (broad SMARTS) is 1. The molecule has 2 aromatic carbocycles. The first kappa shape index (κ1) is 32.5. The summed E-state index contributed by atoms with van der Waals surface area (Å²) in [4.78, 5) is 51.8. The third-order valence-corrected chi connectivity index (χ3v) is 6.07. The van der Waals surface area contributed by atoms with E-state index in [-0.39, 0.29) is 13.1 Å². The Bertz CT molecular complexity index is 1130. The van der Waals surface area contributed by atoms with E-state index in [1.165, 1.54) is 17.0 Å². The lowest BCUT2D eigenvalue weighted by Gasteiger charge is -2.36. The van der Waals surface area contributed by atoms with Gasteiger partial charge in [-0.15, -0.1) is 0 Å². The van der Waals surface area contributed by atoms with Crippen molar-refractivity contribution in [2.24, 2.45) is 0 Å². The molecule has 0 heterocycles. The molecule has 2 unspecified atom stereocenters. The smallest absolute Gasteiger partial charge is 0.329 e. The summed E-state index contributed by atoms with van der Waals surface area (Å²) in [7, 11) is 1.48. The van der Waals surface area contributed by atoms with Crippen molar-refractivity contribution >= 4 is 34.6 Å². The summed E-state index contributed by atoms with van der Waals surface area (Å²) in [5.74, 6) is -2.49. The molecule has 0 radical (unpaired) electrons. The Morgan fingerprint density at radius 3 is 2.25 bits per heavy atom. The molecule has 4 N–H and O–H groups in total. The van der Waals surface area contributed by atoms with Crippen molar-refractivity contribution in [3.63, 3.8) is 0 Å². The van der Waals surface area contributed by atoms with Crippen molar-refractivity contribution in [2.45, 2.75) is 59.0 Å². The van der Waals surface area contributed by atoms with Crippen LogP contribution in [0.2, 0.25) is 0 Å². The zero-order valence-corrected chi connectivity index (χ0v) is 23.8. The lowest BCUT2D eigenvalue weighted by molar-refractivity contribution is -0.180. The molecule has 0 bridgehead atoms. The maximum absolute atomic E-state index is 14.0. The molecule has 2 atom stereocenters. The predicted molar refractivity (Wildman–Crippen MR) is 150 cm³/mol. The first-order valence-corrected chi connectivity index (χ1v) is 13.4. The highest BCUT2D eigenvalue weighted by atomic mass is 16.7. The average Bonchev–Trinajstić information content (AvgIpc) is 2.90. The quantitative estimate of drug-likeness (QED) is 0.180. The van der Waals surface area contributed by atoms with Gasteiger partial charge in [-0.05, 0) is 44.0 Å². The van der Waals surface area contributed by atoms with Crippen LogP contribution < -0.4 is 16.1 Å². The van der Waals surface area contributed by atoms with Crippen molar-refractivity contribution in [2.75, 3.05) is 33.4 Å². The predicted octanol–water partition coefficient (Wildman–Crippen LogP) is 2.08. The first-order chi connectivity index (χ1) is 19.1. The standard InChI is InChI=1S/C28H41N5O7/c1-6-29-28(38)31-32(5)18-24(34)30-23(16-25(35)36)26(37)33(19(4)27(39-7-2)40-8-3)17-21-14-11-13-20-12-9-10-15-22(20)21/h9-15,19,23,27H,6-8,16-18H2,1-5H3,(H,30,34)(H,35,36)(H2,29,31,38). The number of carbonyl (C=O) groups is 4. The van der Waals surface area contributed by atoms with Gasteiger partial charge in [0.1, 0.15) is 6.04 Å². The molecule has 12 nitrogen and oxygen atoms in total. The molecule has 0 spiro atoms. The van der Waals surface area contributed by atoms with E-state index in [9.17, 15) is 24.3 Å². The lowest BCUT2D eigenvalue weighted by atomic mass is 10.0. The van der Waals surface area contributed by atoms with Gasteiger partial charge in [0.25, 0.3) is 0 Å². The van der Waals surface area contributed by atoms with Crippen LogP contribution in [0.25, 0.3) is 10.8 Å². The van der Waals surface area contributed by atoms with E-state index in [4.69, 9.17) is 9.47 Å². The summed E-state index contributed by atoms with van der Waals surface area (Å²) in [5.41, 5.74) is 3.31. The van der Waals surface area contributed by atoms with Gasteiger partial charge < -0.3 is 30.1 Å².